The van der Waals surface area contributed by atoms with Crippen LogP contribution in [0.3, 0.4) is 0 Å². The zero-order valence-corrected chi connectivity index (χ0v) is 11.6. The predicted molar refractivity (Wildman–Crippen MR) is 71.2 cm³/mol. The van der Waals surface area contributed by atoms with Crippen molar-refractivity contribution >= 4 is 0 Å². The molecular formula is C14H28N2O. The quantitative estimate of drug-likeness (QED) is 0.733. The SMILES string of the molecule is CCC1CNCC1N(CCOC)C(C)C1CC1. The summed E-state index contributed by atoms with van der Waals surface area (Å²) in [4.78, 5) is 2.72. The molecule has 0 amide bonds. The summed E-state index contributed by atoms with van der Waals surface area (Å²) in [5.41, 5.74) is 0. The van der Waals surface area contributed by atoms with Gasteiger partial charge in [0.15, 0.2) is 0 Å². The molecular weight excluding hydrogens is 212 g/mol. The van der Waals surface area contributed by atoms with Gasteiger partial charge in [0.25, 0.3) is 0 Å². The Kier molecular flexibility index (Phi) is 4.83. The molecule has 1 aliphatic carbocycles. The molecule has 3 unspecified atom stereocenters. The van der Waals surface area contributed by atoms with Crippen LogP contribution in [0.25, 0.3) is 0 Å². The molecule has 2 fully saturated rings. The maximum absolute atomic E-state index is 5.29. The summed E-state index contributed by atoms with van der Waals surface area (Å²) in [6, 6.07) is 1.47. The van der Waals surface area contributed by atoms with E-state index in [2.05, 4.69) is 24.1 Å². The van der Waals surface area contributed by atoms with Gasteiger partial charge in [0.2, 0.25) is 0 Å². The Balaban J connectivity index is 1.97. The third-order valence-corrected chi connectivity index (χ3v) is 4.64. The van der Waals surface area contributed by atoms with Gasteiger partial charge >= 0.3 is 0 Å². The smallest absolute Gasteiger partial charge is 0.0589 e. The first-order valence-electron chi connectivity index (χ1n) is 7.23. The molecule has 0 aromatic heterocycles. The van der Waals surface area contributed by atoms with E-state index in [0.29, 0.717) is 0 Å². The Morgan fingerprint density at radius 1 is 1.35 bits per heavy atom. The molecule has 1 saturated carbocycles. The van der Waals surface area contributed by atoms with E-state index >= 15 is 0 Å². The molecule has 1 heterocycles. The van der Waals surface area contributed by atoms with Crippen LogP contribution in [-0.4, -0.2) is 50.3 Å². The van der Waals surface area contributed by atoms with Gasteiger partial charge in [0.1, 0.15) is 0 Å². The van der Waals surface area contributed by atoms with Gasteiger partial charge in [-0.3, -0.25) is 4.90 Å². The summed E-state index contributed by atoms with van der Waals surface area (Å²) in [5, 5.41) is 3.56. The van der Waals surface area contributed by atoms with E-state index in [-0.39, 0.29) is 0 Å². The fourth-order valence-electron chi connectivity index (χ4n) is 3.24. The number of rotatable bonds is 7. The van der Waals surface area contributed by atoms with E-state index < -0.39 is 0 Å². The molecule has 100 valence electrons. The van der Waals surface area contributed by atoms with Gasteiger partial charge in [-0.2, -0.15) is 0 Å². The Labute approximate surface area is 106 Å². The Morgan fingerprint density at radius 2 is 2.12 bits per heavy atom. The predicted octanol–water partition coefficient (Wildman–Crippen LogP) is 1.73. The molecule has 0 spiro atoms. The van der Waals surface area contributed by atoms with Crippen molar-refractivity contribution in [2.75, 3.05) is 33.4 Å². The summed E-state index contributed by atoms with van der Waals surface area (Å²) < 4.78 is 5.29. The van der Waals surface area contributed by atoms with Crippen molar-refractivity contribution in [3.63, 3.8) is 0 Å². The van der Waals surface area contributed by atoms with Crippen molar-refractivity contribution in [2.24, 2.45) is 11.8 Å². The second kappa shape index (κ2) is 6.17. The number of ether oxygens (including phenoxy) is 1. The number of hydrogen-bond acceptors (Lipinski definition) is 3. The van der Waals surface area contributed by atoms with Crippen LogP contribution in [0.15, 0.2) is 0 Å². The Bertz CT molecular complexity index is 230. The lowest BCUT2D eigenvalue weighted by Crippen LogP contribution is -2.48. The number of hydrogen-bond donors (Lipinski definition) is 1. The van der Waals surface area contributed by atoms with Crippen LogP contribution < -0.4 is 5.32 Å². The minimum atomic E-state index is 0.728. The second-order valence-corrected chi connectivity index (χ2v) is 5.70. The highest BCUT2D eigenvalue weighted by atomic mass is 16.5. The summed E-state index contributed by atoms with van der Waals surface area (Å²) in [6.45, 7) is 9.06. The fourth-order valence-corrected chi connectivity index (χ4v) is 3.24. The maximum atomic E-state index is 5.29. The van der Waals surface area contributed by atoms with Gasteiger partial charge in [-0.15, -0.1) is 0 Å². The molecule has 2 rings (SSSR count). The van der Waals surface area contributed by atoms with Gasteiger partial charge in [0, 0.05) is 32.3 Å². The third kappa shape index (κ3) is 3.21. The highest BCUT2D eigenvalue weighted by Crippen LogP contribution is 2.37. The molecule has 0 radical (unpaired) electrons. The van der Waals surface area contributed by atoms with Crippen molar-refractivity contribution in [1.82, 2.24) is 10.2 Å². The van der Waals surface area contributed by atoms with E-state index in [1.165, 1.54) is 32.4 Å². The molecule has 1 saturated heterocycles. The van der Waals surface area contributed by atoms with Crippen molar-refractivity contribution in [2.45, 2.75) is 45.2 Å². The molecule has 2 aliphatic rings. The highest BCUT2D eigenvalue weighted by molar-refractivity contribution is 4.94. The molecule has 3 heteroatoms. The first-order valence-corrected chi connectivity index (χ1v) is 7.23. The van der Waals surface area contributed by atoms with E-state index in [1.54, 1.807) is 0 Å². The van der Waals surface area contributed by atoms with E-state index in [0.717, 1.165) is 37.1 Å². The van der Waals surface area contributed by atoms with Gasteiger partial charge in [-0.25, -0.2) is 0 Å². The topological polar surface area (TPSA) is 24.5 Å². The Hall–Kier alpha value is -0.120. The number of methoxy groups -OCH3 is 1. The zero-order valence-electron chi connectivity index (χ0n) is 11.6. The van der Waals surface area contributed by atoms with Gasteiger partial charge in [-0.1, -0.05) is 13.3 Å². The highest BCUT2D eigenvalue weighted by Gasteiger charge is 2.38. The summed E-state index contributed by atoms with van der Waals surface area (Å²) in [5.74, 6) is 1.78. The molecule has 0 aromatic carbocycles. The lowest BCUT2D eigenvalue weighted by Gasteiger charge is -2.37. The zero-order chi connectivity index (χ0) is 12.3. The monoisotopic (exact) mass is 240 g/mol. The van der Waals surface area contributed by atoms with Crippen LogP contribution in [-0.2, 0) is 4.74 Å². The molecule has 17 heavy (non-hydrogen) atoms. The maximum Gasteiger partial charge on any atom is 0.0589 e. The van der Waals surface area contributed by atoms with Gasteiger partial charge in [-0.05, 0) is 38.1 Å². The van der Waals surface area contributed by atoms with E-state index in [1.807, 2.05) is 7.11 Å². The van der Waals surface area contributed by atoms with Crippen LogP contribution >= 0.6 is 0 Å². The lowest BCUT2D eigenvalue weighted by molar-refractivity contribution is 0.0704. The molecule has 1 aliphatic heterocycles. The lowest BCUT2D eigenvalue weighted by atomic mass is 9.97. The second-order valence-electron chi connectivity index (χ2n) is 5.70. The van der Waals surface area contributed by atoms with Crippen LogP contribution in [0, 0.1) is 11.8 Å². The van der Waals surface area contributed by atoms with Crippen LogP contribution in [0.1, 0.15) is 33.1 Å². The Morgan fingerprint density at radius 3 is 2.71 bits per heavy atom. The van der Waals surface area contributed by atoms with E-state index in [4.69, 9.17) is 4.74 Å². The van der Waals surface area contributed by atoms with Crippen molar-refractivity contribution in [3.8, 4) is 0 Å². The average Bonchev–Trinajstić information content (AvgIpc) is 3.09. The van der Waals surface area contributed by atoms with Gasteiger partial charge in [0.05, 0.1) is 6.61 Å². The number of nitrogens with one attached hydrogen (secondary N) is 1. The van der Waals surface area contributed by atoms with Crippen LogP contribution in [0.4, 0.5) is 0 Å². The van der Waals surface area contributed by atoms with Crippen LogP contribution in [0.2, 0.25) is 0 Å². The van der Waals surface area contributed by atoms with Crippen molar-refractivity contribution in [1.29, 1.82) is 0 Å². The molecule has 0 bridgehead atoms. The molecule has 1 N–H and O–H groups in total. The first kappa shape index (κ1) is 13.3. The largest absolute Gasteiger partial charge is 0.383 e. The molecule has 3 atom stereocenters. The van der Waals surface area contributed by atoms with Crippen molar-refractivity contribution < 1.29 is 4.74 Å². The number of nitrogens with zero attached hydrogens (tertiary/aromatic N) is 1. The van der Waals surface area contributed by atoms with Gasteiger partial charge < -0.3 is 10.1 Å². The third-order valence-electron chi connectivity index (χ3n) is 4.64. The summed E-state index contributed by atoms with van der Waals surface area (Å²) in [7, 11) is 1.81. The molecule has 0 aromatic rings. The summed E-state index contributed by atoms with van der Waals surface area (Å²) in [6.07, 6.45) is 4.15. The normalized spacial score (nSPS) is 31.1. The van der Waals surface area contributed by atoms with E-state index in [9.17, 15) is 0 Å². The summed E-state index contributed by atoms with van der Waals surface area (Å²) >= 11 is 0. The van der Waals surface area contributed by atoms with Crippen LogP contribution in [0.5, 0.6) is 0 Å². The first-order chi connectivity index (χ1) is 8.27. The fraction of sp³-hybridized carbons (Fsp3) is 1.00. The minimum absolute atomic E-state index is 0.728. The minimum Gasteiger partial charge on any atom is -0.383 e. The average molecular weight is 240 g/mol. The molecule has 3 nitrogen and oxygen atoms in total. The van der Waals surface area contributed by atoms with Crippen molar-refractivity contribution in [3.05, 3.63) is 0 Å². The standard InChI is InChI=1S/C14H28N2O/c1-4-12-9-15-10-14(12)16(7-8-17-3)11(2)13-5-6-13/h11-15H,4-10H2,1-3H3.